The molecule has 14 heteroatoms. The zero-order valence-corrected chi connectivity index (χ0v) is 21.5. The Morgan fingerprint density at radius 1 is 1.35 bits per heavy atom. The number of nitrogens with one attached hydrogen (secondary N) is 3. The molecule has 34 heavy (non-hydrogen) atoms. The van der Waals surface area contributed by atoms with Crippen molar-refractivity contribution < 1.29 is 38.1 Å². The van der Waals surface area contributed by atoms with Gasteiger partial charge in [-0.2, -0.15) is 4.89 Å². The molecule has 2 aliphatic rings. The topological polar surface area (TPSA) is 174 Å². The Hall–Kier alpha value is -2.12. The van der Waals surface area contributed by atoms with E-state index in [1.54, 1.807) is 0 Å². The summed E-state index contributed by atoms with van der Waals surface area (Å²) >= 11 is 0. The van der Waals surface area contributed by atoms with Gasteiger partial charge in [0.2, 0.25) is 6.41 Å². The molecule has 0 bridgehead atoms. The average molecular weight is 509 g/mol. The quantitative estimate of drug-likeness (QED) is 0.122. The highest BCUT2D eigenvalue weighted by atomic mass is 31.2. The minimum Gasteiger partial charge on any atom is -0.468 e. The Morgan fingerprint density at radius 3 is 2.56 bits per heavy atom. The normalized spacial score (nSPS) is 21.5. The second kappa shape index (κ2) is 17.3. The molecule has 1 fully saturated rings. The summed E-state index contributed by atoms with van der Waals surface area (Å²) in [7, 11) is -1.15. The first-order valence-electron chi connectivity index (χ1n) is 10.8. The van der Waals surface area contributed by atoms with Gasteiger partial charge >= 0.3 is 20.0 Å². The van der Waals surface area contributed by atoms with Crippen LogP contribution in [0.2, 0.25) is 0 Å². The molecule has 6 N–H and O–H groups in total. The molecule has 2 aliphatic heterocycles. The average Bonchev–Trinajstić information content (AvgIpc) is 3.32. The van der Waals surface area contributed by atoms with Crippen molar-refractivity contribution in [3.05, 3.63) is 24.0 Å². The SMILES string of the molecule is CC.COC(=O)CN[P+](O)(NC(C)C(=O)OC)ONC1CCC(N2C=CCC(C)=C2)O1.NC=O. The molecule has 1 amide bonds. The van der Waals surface area contributed by atoms with Crippen molar-refractivity contribution in [3.8, 4) is 0 Å². The number of nitrogens with two attached hydrogens (primary N) is 1. The largest absolute Gasteiger partial charge is 0.468 e. The van der Waals surface area contributed by atoms with E-state index in [2.05, 4.69) is 43.9 Å². The molecule has 0 spiro atoms. The Labute approximate surface area is 201 Å². The van der Waals surface area contributed by atoms with E-state index in [9.17, 15) is 14.5 Å². The maximum absolute atomic E-state index is 11.7. The summed E-state index contributed by atoms with van der Waals surface area (Å²) in [5.41, 5.74) is 8.08. The highest BCUT2D eigenvalue weighted by molar-refractivity contribution is 7.61. The van der Waals surface area contributed by atoms with Crippen LogP contribution >= 0.6 is 8.02 Å². The second-order valence-corrected chi connectivity index (χ2v) is 8.78. The van der Waals surface area contributed by atoms with Crippen LogP contribution in [0.3, 0.4) is 0 Å². The van der Waals surface area contributed by atoms with Crippen LogP contribution in [-0.2, 0) is 33.2 Å². The van der Waals surface area contributed by atoms with E-state index in [-0.39, 0.29) is 19.2 Å². The molecule has 4 atom stereocenters. The molecule has 2 heterocycles. The Kier molecular flexibility index (Phi) is 16.3. The second-order valence-electron chi connectivity index (χ2n) is 6.87. The van der Waals surface area contributed by atoms with E-state index in [4.69, 9.17) is 14.2 Å². The number of hydrogen-bond donors (Lipinski definition) is 5. The van der Waals surface area contributed by atoms with E-state index in [1.807, 2.05) is 31.1 Å². The monoisotopic (exact) mass is 508 g/mol. The lowest BCUT2D eigenvalue weighted by Crippen LogP contribution is -2.44. The number of esters is 2. The van der Waals surface area contributed by atoms with Gasteiger partial charge in [-0.05, 0) is 33.1 Å². The summed E-state index contributed by atoms with van der Waals surface area (Å²) in [6.07, 6.45) is 8.01. The van der Waals surface area contributed by atoms with Gasteiger partial charge in [-0.25, -0.2) is 0 Å². The molecule has 0 aromatic carbocycles. The first kappa shape index (κ1) is 31.9. The summed E-state index contributed by atoms with van der Waals surface area (Å²) in [6, 6.07) is -0.880. The smallest absolute Gasteiger partial charge is 0.450 e. The van der Waals surface area contributed by atoms with Crippen LogP contribution in [0.5, 0.6) is 0 Å². The van der Waals surface area contributed by atoms with Crippen LogP contribution in [0.1, 0.15) is 47.0 Å². The molecular formula is C20H39N5O8P+. The van der Waals surface area contributed by atoms with Crippen LogP contribution in [-0.4, -0.2) is 67.4 Å². The first-order chi connectivity index (χ1) is 16.2. The van der Waals surface area contributed by atoms with E-state index < -0.39 is 32.2 Å². The molecule has 196 valence electrons. The van der Waals surface area contributed by atoms with Crippen molar-refractivity contribution in [2.75, 3.05) is 20.8 Å². The van der Waals surface area contributed by atoms with Gasteiger partial charge in [-0.1, -0.05) is 30.1 Å². The third kappa shape index (κ3) is 11.8. The number of allylic oxidation sites excluding steroid dienone is 2. The molecule has 2 rings (SSSR count). The fourth-order valence-electron chi connectivity index (χ4n) is 2.79. The molecular weight excluding hydrogens is 469 g/mol. The standard InChI is InChI=1S/C17H30N4O7P.C2H6.CH3NO/c1-12-6-5-9-21(11-12)15-8-7-14(27-15)19-28-29(24,18-10-16(22)25-3)20-13(2)17(23)26-4;1-2;2-1-3/h5,9,11,13-15,18-20,24H,6-8,10H2,1-4H3;1-2H3;1H,(H2,2,3)/q+1;;. The van der Waals surface area contributed by atoms with E-state index >= 15 is 0 Å². The maximum atomic E-state index is 11.7. The van der Waals surface area contributed by atoms with Crippen molar-refractivity contribution in [1.29, 1.82) is 0 Å². The molecule has 0 aliphatic carbocycles. The number of rotatable bonds is 10. The van der Waals surface area contributed by atoms with Crippen molar-refractivity contribution in [1.82, 2.24) is 20.6 Å². The lowest BCUT2D eigenvalue weighted by molar-refractivity contribution is -0.142. The van der Waals surface area contributed by atoms with Gasteiger partial charge in [-0.3, -0.25) is 14.4 Å². The van der Waals surface area contributed by atoms with Gasteiger partial charge in [0, 0.05) is 12.4 Å². The zero-order valence-electron chi connectivity index (χ0n) is 20.6. The van der Waals surface area contributed by atoms with Gasteiger partial charge < -0.3 is 24.8 Å². The van der Waals surface area contributed by atoms with Crippen molar-refractivity contribution >= 4 is 26.4 Å². The number of primary amides is 1. The number of carbonyl (C=O) groups is 3. The van der Waals surface area contributed by atoms with Crippen molar-refractivity contribution in [2.45, 2.75) is 65.5 Å². The predicted octanol–water partition coefficient (Wildman–Crippen LogP) is 0.805. The summed E-state index contributed by atoms with van der Waals surface area (Å²) in [5, 5.41) is 5.19. The van der Waals surface area contributed by atoms with Crippen LogP contribution in [0.15, 0.2) is 24.0 Å². The minimum atomic E-state index is -3.61. The Morgan fingerprint density at radius 2 is 2.00 bits per heavy atom. The van der Waals surface area contributed by atoms with Crippen LogP contribution in [0, 0.1) is 0 Å². The molecule has 0 aromatic rings. The van der Waals surface area contributed by atoms with Gasteiger partial charge in [-0.15, -0.1) is 15.7 Å². The molecule has 0 saturated carbocycles. The van der Waals surface area contributed by atoms with E-state index in [0.29, 0.717) is 6.42 Å². The summed E-state index contributed by atoms with van der Waals surface area (Å²) in [6.45, 7) is 7.23. The third-order valence-electron chi connectivity index (χ3n) is 4.32. The van der Waals surface area contributed by atoms with E-state index in [0.717, 1.165) is 12.8 Å². The number of nitrogens with zero attached hydrogens (tertiary/aromatic N) is 1. The number of methoxy groups -OCH3 is 2. The van der Waals surface area contributed by atoms with Crippen LogP contribution < -0.4 is 21.4 Å². The number of hydroxylamine groups is 1. The summed E-state index contributed by atoms with van der Waals surface area (Å²) in [4.78, 5) is 44.5. The van der Waals surface area contributed by atoms with Crippen LogP contribution in [0.25, 0.3) is 0 Å². The minimum absolute atomic E-state index is 0.154. The molecule has 1 saturated heterocycles. The Bertz CT molecular complexity index is 696. The van der Waals surface area contributed by atoms with Gasteiger partial charge in [0.15, 0.2) is 0 Å². The lowest BCUT2D eigenvalue weighted by atomic mass is 10.2. The number of amides is 1. The predicted molar refractivity (Wildman–Crippen MR) is 127 cm³/mol. The first-order valence-corrected chi connectivity index (χ1v) is 12.5. The fourth-order valence-corrected chi connectivity index (χ4v) is 4.24. The van der Waals surface area contributed by atoms with Crippen molar-refractivity contribution in [3.63, 3.8) is 0 Å². The molecule has 13 nitrogen and oxygen atoms in total. The fraction of sp³-hybridized carbons (Fsp3) is 0.650. The van der Waals surface area contributed by atoms with Crippen molar-refractivity contribution in [2.24, 2.45) is 5.73 Å². The molecule has 0 radical (unpaired) electrons. The van der Waals surface area contributed by atoms with Gasteiger partial charge in [0.1, 0.15) is 25.0 Å². The lowest BCUT2D eigenvalue weighted by Gasteiger charge is -2.27. The number of hydrogen-bond acceptors (Lipinski definition) is 12. The molecule has 4 unspecified atom stereocenters. The highest BCUT2D eigenvalue weighted by Crippen LogP contribution is 2.46. The summed E-state index contributed by atoms with van der Waals surface area (Å²) < 4.78 is 20.6. The number of carbonyl (C=O) groups excluding carboxylic acids is 3. The Balaban J connectivity index is 0.00000201. The maximum Gasteiger partial charge on any atom is 0.450 e. The molecule has 0 aromatic heterocycles. The number of ether oxygens (including phenoxy) is 3. The van der Waals surface area contributed by atoms with Gasteiger partial charge in [0.05, 0.1) is 14.2 Å². The highest BCUT2D eigenvalue weighted by Gasteiger charge is 2.45. The third-order valence-corrected chi connectivity index (χ3v) is 6.02. The van der Waals surface area contributed by atoms with E-state index in [1.165, 1.54) is 26.7 Å². The zero-order chi connectivity index (χ0) is 26.1. The summed E-state index contributed by atoms with van der Waals surface area (Å²) in [5.74, 6) is -1.20. The van der Waals surface area contributed by atoms with Crippen LogP contribution in [0.4, 0.5) is 0 Å². The van der Waals surface area contributed by atoms with Gasteiger partial charge in [0.25, 0.3) is 0 Å².